The normalized spacial score (nSPS) is 13.8. The van der Waals surface area contributed by atoms with Gasteiger partial charge in [0.15, 0.2) is 17.6 Å². The van der Waals surface area contributed by atoms with Crippen LogP contribution in [0, 0.1) is 0 Å². The van der Waals surface area contributed by atoms with Crippen molar-refractivity contribution in [3.63, 3.8) is 0 Å². The van der Waals surface area contributed by atoms with Crippen molar-refractivity contribution in [1.82, 2.24) is 5.32 Å². The standard InChI is InChI=1S/C20H21N3O6/c1-12(18(24)22-14-7-8-16-17(10-14)28-11-27-16)29-19(25)15(23-20(21)26)9-13-5-3-2-4-6-13/h2-8,10,12,15H,9,11H2,1H3,(H,22,24)(H3,21,23,26)/t12-,15+/m1/s1. The molecule has 2 atom stereocenters. The number of nitrogens with two attached hydrogens (primary N) is 1. The molecular weight excluding hydrogens is 378 g/mol. The lowest BCUT2D eigenvalue weighted by Gasteiger charge is -2.20. The molecule has 29 heavy (non-hydrogen) atoms. The van der Waals surface area contributed by atoms with Gasteiger partial charge < -0.3 is 30.6 Å². The Bertz CT molecular complexity index is 902. The van der Waals surface area contributed by atoms with Crippen LogP contribution in [-0.4, -0.2) is 36.8 Å². The van der Waals surface area contributed by atoms with Gasteiger partial charge in [-0.1, -0.05) is 30.3 Å². The summed E-state index contributed by atoms with van der Waals surface area (Å²) in [6.07, 6.45) is -0.917. The fourth-order valence-electron chi connectivity index (χ4n) is 2.74. The van der Waals surface area contributed by atoms with Crippen LogP contribution in [0.1, 0.15) is 12.5 Å². The summed E-state index contributed by atoms with van der Waals surface area (Å²) in [4.78, 5) is 36.1. The van der Waals surface area contributed by atoms with Crippen LogP contribution in [0.5, 0.6) is 11.5 Å². The second kappa shape index (κ2) is 8.96. The van der Waals surface area contributed by atoms with Gasteiger partial charge in [-0.2, -0.15) is 0 Å². The molecule has 9 heteroatoms. The number of anilines is 1. The number of benzene rings is 2. The lowest BCUT2D eigenvalue weighted by Crippen LogP contribution is -2.47. The number of ether oxygens (including phenoxy) is 3. The Hall–Kier alpha value is -3.75. The van der Waals surface area contributed by atoms with Gasteiger partial charge in [0.25, 0.3) is 5.91 Å². The molecule has 0 saturated carbocycles. The van der Waals surface area contributed by atoms with E-state index in [-0.39, 0.29) is 13.2 Å². The van der Waals surface area contributed by atoms with Gasteiger partial charge in [-0.15, -0.1) is 0 Å². The SMILES string of the molecule is C[C@@H](OC(=O)[C@H](Cc1ccccc1)NC(N)=O)C(=O)Nc1ccc2c(c1)OCO2. The van der Waals surface area contributed by atoms with E-state index >= 15 is 0 Å². The van der Waals surface area contributed by atoms with Crippen molar-refractivity contribution in [2.24, 2.45) is 5.73 Å². The van der Waals surface area contributed by atoms with Crippen molar-refractivity contribution in [3.8, 4) is 11.5 Å². The largest absolute Gasteiger partial charge is 0.454 e. The summed E-state index contributed by atoms with van der Waals surface area (Å²) < 4.78 is 15.7. The Morgan fingerprint density at radius 1 is 1.10 bits per heavy atom. The fraction of sp³-hybridized carbons (Fsp3) is 0.250. The average Bonchev–Trinajstić information content (AvgIpc) is 3.15. The van der Waals surface area contributed by atoms with E-state index in [9.17, 15) is 14.4 Å². The molecule has 1 aliphatic rings. The maximum absolute atomic E-state index is 12.5. The van der Waals surface area contributed by atoms with E-state index in [0.717, 1.165) is 5.56 Å². The molecule has 3 rings (SSSR count). The van der Waals surface area contributed by atoms with E-state index < -0.39 is 30.1 Å². The fourth-order valence-corrected chi connectivity index (χ4v) is 2.74. The lowest BCUT2D eigenvalue weighted by molar-refractivity contribution is -0.155. The summed E-state index contributed by atoms with van der Waals surface area (Å²) in [5.41, 5.74) is 6.44. The Labute approximate surface area is 167 Å². The van der Waals surface area contributed by atoms with Gasteiger partial charge in [0.1, 0.15) is 6.04 Å². The van der Waals surface area contributed by atoms with Crippen molar-refractivity contribution >= 4 is 23.6 Å². The zero-order valence-electron chi connectivity index (χ0n) is 15.7. The highest BCUT2D eigenvalue weighted by molar-refractivity contribution is 5.96. The predicted octanol–water partition coefficient (Wildman–Crippen LogP) is 1.57. The first-order valence-corrected chi connectivity index (χ1v) is 8.93. The number of hydrogen-bond donors (Lipinski definition) is 3. The average molecular weight is 399 g/mol. The van der Waals surface area contributed by atoms with Crippen LogP contribution in [0.4, 0.5) is 10.5 Å². The van der Waals surface area contributed by atoms with Gasteiger partial charge in [-0.05, 0) is 24.6 Å². The van der Waals surface area contributed by atoms with Crippen LogP contribution in [0.2, 0.25) is 0 Å². The van der Waals surface area contributed by atoms with Crippen molar-refractivity contribution in [2.75, 3.05) is 12.1 Å². The van der Waals surface area contributed by atoms with Crippen LogP contribution in [0.3, 0.4) is 0 Å². The van der Waals surface area contributed by atoms with E-state index in [4.69, 9.17) is 19.9 Å². The molecule has 0 fully saturated rings. The number of fused-ring (bicyclic) bond motifs is 1. The number of carbonyl (C=O) groups is 3. The minimum absolute atomic E-state index is 0.121. The summed E-state index contributed by atoms with van der Waals surface area (Å²) in [5, 5.41) is 4.99. The molecule has 0 unspecified atom stereocenters. The number of rotatable bonds is 7. The minimum Gasteiger partial charge on any atom is -0.454 e. The molecular formula is C20H21N3O6. The van der Waals surface area contributed by atoms with E-state index in [1.807, 2.05) is 18.2 Å². The highest BCUT2D eigenvalue weighted by Crippen LogP contribution is 2.34. The van der Waals surface area contributed by atoms with E-state index in [2.05, 4.69) is 10.6 Å². The molecule has 0 bridgehead atoms. The Kier molecular flexibility index (Phi) is 6.18. The maximum Gasteiger partial charge on any atom is 0.329 e. The third kappa shape index (κ3) is 5.38. The van der Waals surface area contributed by atoms with E-state index in [1.54, 1.807) is 30.3 Å². The van der Waals surface area contributed by atoms with Crippen molar-refractivity contribution in [2.45, 2.75) is 25.5 Å². The summed E-state index contributed by atoms with van der Waals surface area (Å²) in [5.74, 6) is -0.194. The van der Waals surface area contributed by atoms with Crippen LogP contribution in [0.15, 0.2) is 48.5 Å². The molecule has 152 valence electrons. The third-order valence-electron chi connectivity index (χ3n) is 4.19. The molecule has 9 nitrogen and oxygen atoms in total. The molecule has 0 spiro atoms. The summed E-state index contributed by atoms with van der Waals surface area (Å²) in [6.45, 7) is 1.56. The second-order valence-corrected chi connectivity index (χ2v) is 6.39. The van der Waals surface area contributed by atoms with Crippen LogP contribution >= 0.6 is 0 Å². The lowest BCUT2D eigenvalue weighted by atomic mass is 10.1. The predicted molar refractivity (Wildman–Crippen MR) is 103 cm³/mol. The van der Waals surface area contributed by atoms with E-state index in [0.29, 0.717) is 17.2 Å². The minimum atomic E-state index is -1.10. The molecule has 0 aromatic heterocycles. The summed E-state index contributed by atoms with van der Waals surface area (Å²) in [6, 6.07) is 12.1. The molecule has 0 radical (unpaired) electrons. The molecule has 3 amide bonds. The number of amides is 3. The van der Waals surface area contributed by atoms with Crippen molar-refractivity contribution in [1.29, 1.82) is 0 Å². The number of nitrogens with one attached hydrogen (secondary N) is 2. The monoisotopic (exact) mass is 399 g/mol. The quantitative estimate of drug-likeness (QED) is 0.606. The number of carbonyl (C=O) groups excluding carboxylic acids is 3. The first-order valence-electron chi connectivity index (χ1n) is 8.93. The van der Waals surface area contributed by atoms with Crippen LogP contribution in [-0.2, 0) is 20.7 Å². The van der Waals surface area contributed by atoms with Gasteiger partial charge in [0.05, 0.1) is 0 Å². The zero-order chi connectivity index (χ0) is 20.8. The first-order chi connectivity index (χ1) is 13.9. The van der Waals surface area contributed by atoms with Crippen LogP contribution < -0.4 is 25.8 Å². The summed E-state index contributed by atoms with van der Waals surface area (Å²) >= 11 is 0. The second-order valence-electron chi connectivity index (χ2n) is 6.39. The molecule has 4 N–H and O–H groups in total. The third-order valence-corrected chi connectivity index (χ3v) is 4.19. The molecule has 1 aliphatic heterocycles. The number of primary amides is 1. The smallest absolute Gasteiger partial charge is 0.329 e. The Morgan fingerprint density at radius 2 is 1.83 bits per heavy atom. The van der Waals surface area contributed by atoms with Crippen molar-refractivity contribution in [3.05, 3.63) is 54.1 Å². The van der Waals surface area contributed by atoms with Gasteiger partial charge in [-0.3, -0.25) is 4.79 Å². The Morgan fingerprint density at radius 3 is 2.55 bits per heavy atom. The maximum atomic E-state index is 12.5. The highest BCUT2D eigenvalue weighted by Gasteiger charge is 2.26. The molecule has 0 saturated heterocycles. The van der Waals surface area contributed by atoms with Gasteiger partial charge in [0.2, 0.25) is 6.79 Å². The van der Waals surface area contributed by atoms with Gasteiger partial charge in [0, 0.05) is 18.2 Å². The van der Waals surface area contributed by atoms with Crippen LogP contribution in [0.25, 0.3) is 0 Å². The number of hydrogen-bond acceptors (Lipinski definition) is 6. The molecule has 0 aliphatic carbocycles. The zero-order valence-corrected chi connectivity index (χ0v) is 15.7. The molecule has 1 heterocycles. The van der Waals surface area contributed by atoms with E-state index in [1.165, 1.54) is 6.92 Å². The van der Waals surface area contributed by atoms with Gasteiger partial charge >= 0.3 is 12.0 Å². The highest BCUT2D eigenvalue weighted by atomic mass is 16.7. The van der Waals surface area contributed by atoms with Crippen molar-refractivity contribution < 1.29 is 28.6 Å². The molecule has 2 aromatic carbocycles. The van der Waals surface area contributed by atoms with Gasteiger partial charge in [-0.25, -0.2) is 9.59 Å². The first kappa shape index (κ1) is 20.0. The Balaban J connectivity index is 1.60. The summed E-state index contributed by atoms with van der Waals surface area (Å²) in [7, 11) is 0. The number of esters is 1. The molecule has 2 aromatic rings. The number of urea groups is 1. The topological polar surface area (TPSA) is 129 Å².